The number of esters is 1. The zero-order valence-electron chi connectivity index (χ0n) is 17.7. The number of halogens is 1. The van der Waals surface area contributed by atoms with Crippen molar-refractivity contribution in [3.63, 3.8) is 0 Å². The van der Waals surface area contributed by atoms with Gasteiger partial charge in [0, 0.05) is 16.1 Å². The molecule has 2 heterocycles. The Morgan fingerprint density at radius 1 is 1.19 bits per heavy atom. The molecule has 0 fully saturated rings. The van der Waals surface area contributed by atoms with Crippen molar-refractivity contribution in [3.8, 4) is 5.75 Å². The number of carbonyl (C=O) groups excluding carboxylic acids is 2. The van der Waals surface area contributed by atoms with Crippen LogP contribution in [-0.4, -0.2) is 28.3 Å². The molecule has 9 heteroatoms. The summed E-state index contributed by atoms with van der Waals surface area (Å²) >= 11 is 7.36. The number of carbonyl (C=O) groups is 2. The van der Waals surface area contributed by atoms with Crippen LogP contribution >= 0.6 is 22.9 Å². The second kappa shape index (κ2) is 10.2. The molecule has 4 rings (SSSR count). The van der Waals surface area contributed by atoms with Gasteiger partial charge in [-0.25, -0.2) is 9.48 Å². The molecule has 1 aromatic carbocycles. The lowest BCUT2D eigenvalue weighted by atomic mass is 9.95. The summed E-state index contributed by atoms with van der Waals surface area (Å²) < 4.78 is 12.6. The lowest BCUT2D eigenvalue weighted by Crippen LogP contribution is -2.20. The van der Waals surface area contributed by atoms with Gasteiger partial charge in [-0.2, -0.15) is 5.10 Å². The van der Waals surface area contributed by atoms with E-state index in [2.05, 4.69) is 10.4 Å². The first-order chi connectivity index (χ1) is 15.6. The monoisotopic (exact) mass is 473 g/mol. The van der Waals surface area contributed by atoms with Gasteiger partial charge in [0.1, 0.15) is 16.4 Å². The van der Waals surface area contributed by atoms with Crippen LogP contribution in [0.25, 0.3) is 0 Å². The van der Waals surface area contributed by atoms with Crippen LogP contribution in [0.4, 0.5) is 5.00 Å². The van der Waals surface area contributed by atoms with Crippen molar-refractivity contribution >= 4 is 39.8 Å². The van der Waals surface area contributed by atoms with Crippen molar-refractivity contribution in [2.75, 3.05) is 11.9 Å². The number of rotatable bonds is 8. The van der Waals surface area contributed by atoms with Gasteiger partial charge in [0.15, 0.2) is 6.73 Å². The first-order valence-corrected chi connectivity index (χ1v) is 11.8. The maximum absolute atomic E-state index is 13.1. The number of nitrogens with one attached hydrogen (secondary N) is 1. The smallest absolute Gasteiger partial charge is 0.341 e. The second-order valence-corrected chi connectivity index (χ2v) is 8.99. The molecule has 2 aromatic heterocycles. The fourth-order valence-electron chi connectivity index (χ4n) is 3.60. The molecule has 32 heavy (non-hydrogen) atoms. The number of benzene rings is 1. The highest BCUT2D eigenvalue weighted by Gasteiger charge is 2.28. The maximum Gasteiger partial charge on any atom is 0.341 e. The summed E-state index contributed by atoms with van der Waals surface area (Å²) in [5, 5.41) is 8.26. The molecule has 0 unspecified atom stereocenters. The van der Waals surface area contributed by atoms with E-state index in [1.54, 1.807) is 30.3 Å². The molecule has 168 valence electrons. The number of hydrogen-bond acceptors (Lipinski definition) is 6. The molecular weight excluding hydrogens is 450 g/mol. The number of thiophene rings is 1. The number of anilines is 1. The number of aryl methyl sites for hydroxylation is 1. The zero-order chi connectivity index (χ0) is 22.5. The molecule has 3 aromatic rings. The fourth-order valence-corrected chi connectivity index (χ4v) is 5.00. The summed E-state index contributed by atoms with van der Waals surface area (Å²) in [6, 6.07) is 8.56. The second-order valence-electron chi connectivity index (χ2n) is 7.45. The minimum atomic E-state index is -0.374. The van der Waals surface area contributed by atoms with E-state index in [0.29, 0.717) is 33.6 Å². The van der Waals surface area contributed by atoms with Gasteiger partial charge in [-0.1, -0.05) is 18.5 Å². The molecule has 1 aliphatic rings. The number of ether oxygens (including phenoxy) is 2. The molecule has 7 nitrogen and oxygen atoms in total. The van der Waals surface area contributed by atoms with Crippen LogP contribution in [0.3, 0.4) is 0 Å². The number of hydrogen-bond donors (Lipinski definition) is 1. The standard InChI is InChI=1S/C23H24ClN3O4S/c1-2-13-30-23(29)20-17-5-3-4-6-19(17)32-22(20)26-21(28)18-11-12-25-27(18)14-31-16-9-7-15(24)8-10-16/h7-12H,2-6,13-14H2,1H3,(H,26,28). The van der Waals surface area contributed by atoms with Crippen LogP contribution < -0.4 is 10.1 Å². The van der Waals surface area contributed by atoms with Crippen LogP contribution in [0, 0.1) is 0 Å². The highest BCUT2D eigenvalue weighted by Crippen LogP contribution is 2.38. The molecule has 0 aliphatic heterocycles. The Kier molecular flexibility index (Phi) is 7.12. The average Bonchev–Trinajstić information content (AvgIpc) is 3.41. The summed E-state index contributed by atoms with van der Waals surface area (Å²) in [5.41, 5.74) is 1.84. The number of aromatic nitrogens is 2. The van der Waals surface area contributed by atoms with Crippen molar-refractivity contribution < 1.29 is 19.1 Å². The van der Waals surface area contributed by atoms with E-state index in [9.17, 15) is 9.59 Å². The highest BCUT2D eigenvalue weighted by atomic mass is 35.5. The normalized spacial score (nSPS) is 12.8. The molecule has 0 atom stereocenters. The van der Waals surface area contributed by atoms with Crippen molar-refractivity contribution in [3.05, 3.63) is 63.2 Å². The minimum Gasteiger partial charge on any atom is -0.471 e. The Hall–Kier alpha value is -2.84. The van der Waals surface area contributed by atoms with Crippen molar-refractivity contribution in [1.29, 1.82) is 0 Å². The molecule has 1 aliphatic carbocycles. The van der Waals surface area contributed by atoms with E-state index < -0.39 is 0 Å². The van der Waals surface area contributed by atoms with Gasteiger partial charge < -0.3 is 14.8 Å². The van der Waals surface area contributed by atoms with E-state index in [1.807, 2.05) is 6.92 Å². The summed E-state index contributed by atoms with van der Waals surface area (Å²) in [4.78, 5) is 27.0. The summed E-state index contributed by atoms with van der Waals surface area (Å²) in [6.45, 7) is 2.36. The minimum absolute atomic E-state index is 0.0593. The first kappa shape index (κ1) is 22.4. The third kappa shape index (κ3) is 4.97. The van der Waals surface area contributed by atoms with Gasteiger partial charge in [0.05, 0.1) is 12.2 Å². The van der Waals surface area contributed by atoms with Gasteiger partial charge in [0.2, 0.25) is 0 Å². The Bertz CT molecular complexity index is 1110. The number of nitrogens with zero attached hydrogens (tertiary/aromatic N) is 2. The lowest BCUT2D eigenvalue weighted by molar-refractivity contribution is 0.0505. The van der Waals surface area contributed by atoms with E-state index in [4.69, 9.17) is 21.1 Å². The van der Waals surface area contributed by atoms with E-state index in [0.717, 1.165) is 42.5 Å². The molecule has 0 radical (unpaired) electrons. The molecule has 0 bridgehead atoms. The van der Waals surface area contributed by atoms with Crippen molar-refractivity contribution in [1.82, 2.24) is 9.78 Å². The van der Waals surface area contributed by atoms with Gasteiger partial charge in [0.25, 0.3) is 5.91 Å². The van der Waals surface area contributed by atoms with Gasteiger partial charge in [-0.3, -0.25) is 4.79 Å². The maximum atomic E-state index is 13.1. The molecule has 0 saturated carbocycles. The number of fused-ring (bicyclic) bond motifs is 1. The summed E-state index contributed by atoms with van der Waals surface area (Å²) in [7, 11) is 0. The third-order valence-electron chi connectivity index (χ3n) is 5.16. The zero-order valence-corrected chi connectivity index (χ0v) is 19.3. The first-order valence-electron chi connectivity index (χ1n) is 10.6. The quantitative estimate of drug-likeness (QED) is 0.447. The summed E-state index contributed by atoms with van der Waals surface area (Å²) in [5.74, 6) is -0.116. The average molecular weight is 474 g/mol. The Balaban J connectivity index is 1.52. The fraction of sp³-hybridized carbons (Fsp3) is 0.348. The molecular formula is C23H24ClN3O4S. The van der Waals surface area contributed by atoms with E-state index in [-0.39, 0.29) is 18.6 Å². The van der Waals surface area contributed by atoms with E-state index >= 15 is 0 Å². The van der Waals surface area contributed by atoms with Crippen LogP contribution in [0.1, 0.15) is 57.5 Å². The predicted molar refractivity (Wildman–Crippen MR) is 124 cm³/mol. The van der Waals surface area contributed by atoms with Crippen LogP contribution in [0.2, 0.25) is 5.02 Å². The van der Waals surface area contributed by atoms with Gasteiger partial charge in [-0.15, -0.1) is 11.3 Å². The van der Waals surface area contributed by atoms with Crippen LogP contribution in [0.5, 0.6) is 5.75 Å². The van der Waals surface area contributed by atoms with Crippen LogP contribution in [0.15, 0.2) is 36.5 Å². The van der Waals surface area contributed by atoms with Crippen molar-refractivity contribution in [2.45, 2.75) is 45.8 Å². The lowest BCUT2D eigenvalue weighted by Gasteiger charge is -2.13. The molecule has 1 amide bonds. The molecule has 0 spiro atoms. The molecule has 1 N–H and O–H groups in total. The largest absolute Gasteiger partial charge is 0.471 e. The van der Waals surface area contributed by atoms with Gasteiger partial charge >= 0.3 is 5.97 Å². The Morgan fingerprint density at radius 2 is 1.97 bits per heavy atom. The third-order valence-corrected chi connectivity index (χ3v) is 6.62. The van der Waals surface area contributed by atoms with E-state index in [1.165, 1.54) is 22.2 Å². The Morgan fingerprint density at radius 3 is 2.75 bits per heavy atom. The van der Waals surface area contributed by atoms with Crippen molar-refractivity contribution in [2.24, 2.45) is 0 Å². The Labute approximate surface area is 195 Å². The SMILES string of the molecule is CCCOC(=O)c1c(NC(=O)c2ccnn2COc2ccc(Cl)cc2)sc2c1CCCC2. The highest BCUT2D eigenvalue weighted by molar-refractivity contribution is 7.17. The summed E-state index contributed by atoms with van der Waals surface area (Å²) in [6.07, 6.45) is 6.13. The number of amides is 1. The predicted octanol–water partition coefficient (Wildman–Crippen LogP) is 5.33. The topological polar surface area (TPSA) is 82.5 Å². The van der Waals surface area contributed by atoms with Crippen LogP contribution in [-0.2, 0) is 24.3 Å². The molecule has 0 saturated heterocycles. The van der Waals surface area contributed by atoms with Gasteiger partial charge in [-0.05, 0) is 68.0 Å².